The van der Waals surface area contributed by atoms with E-state index in [9.17, 15) is 18.0 Å². The summed E-state index contributed by atoms with van der Waals surface area (Å²) in [6.45, 7) is 5.37. The van der Waals surface area contributed by atoms with E-state index in [4.69, 9.17) is 4.74 Å². The highest BCUT2D eigenvalue weighted by molar-refractivity contribution is 7.92. The molecule has 0 unspecified atom stereocenters. The fourth-order valence-electron chi connectivity index (χ4n) is 3.51. The van der Waals surface area contributed by atoms with Crippen molar-refractivity contribution in [2.24, 2.45) is 0 Å². The molecular formula is C24H33N3O5S. The molecule has 1 atom stereocenters. The molecule has 0 fully saturated rings. The van der Waals surface area contributed by atoms with E-state index in [1.807, 2.05) is 39.0 Å². The number of ether oxygens (including phenoxy) is 1. The number of rotatable bonds is 10. The van der Waals surface area contributed by atoms with Crippen LogP contribution in [0.1, 0.15) is 30.0 Å². The van der Waals surface area contributed by atoms with Crippen LogP contribution in [0.3, 0.4) is 0 Å². The van der Waals surface area contributed by atoms with E-state index >= 15 is 0 Å². The summed E-state index contributed by atoms with van der Waals surface area (Å²) < 4.78 is 31.5. The van der Waals surface area contributed by atoms with E-state index in [1.165, 1.54) is 11.9 Å². The quantitative estimate of drug-likeness (QED) is 0.570. The van der Waals surface area contributed by atoms with Gasteiger partial charge in [-0.05, 0) is 61.2 Å². The molecule has 0 saturated carbocycles. The van der Waals surface area contributed by atoms with Crippen LogP contribution in [-0.4, -0.2) is 58.1 Å². The number of likely N-dealkylation sites (N-methyl/N-ethyl adjacent to an activating group) is 1. The van der Waals surface area contributed by atoms with E-state index in [0.717, 1.165) is 27.3 Å². The van der Waals surface area contributed by atoms with Gasteiger partial charge in [0.25, 0.3) is 0 Å². The smallest absolute Gasteiger partial charge is 0.244 e. The van der Waals surface area contributed by atoms with E-state index in [-0.39, 0.29) is 12.5 Å². The van der Waals surface area contributed by atoms with Crippen LogP contribution < -0.4 is 14.4 Å². The van der Waals surface area contributed by atoms with Crippen molar-refractivity contribution >= 4 is 27.5 Å². The summed E-state index contributed by atoms with van der Waals surface area (Å²) in [4.78, 5) is 27.5. The molecule has 0 radical (unpaired) electrons. The lowest BCUT2D eigenvalue weighted by molar-refractivity contribution is -0.140. The molecule has 0 aromatic heterocycles. The van der Waals surface area contributed by atoms with Gasteiger partial charge in [-0.3, -0.25) is 13.9 Å². The fourth-order valence-corrected chi connectivity index (χ4v) is 4.35. The van der Waals surface area contributed by atoms with Crippen LogP contribution in [0, 0.1) is 13.8 Å². The first-order valence-corrected chi connectivity index (χ1v) is 12.6. The normalized spacial score (nSPS) is 12.1. The number of aryl methyl sites for hydroxylation is 2. The summed E-state index contributed by atoms with van der Waals surface area (Å²) in [5.74, 6) is -0.102. The third kappa shape index (κ3) is 6.71. The predicted molar refractivity (Wildman–Crippen MR) is 130 cm³/mol. The maximum Gasteiger partial charge on any atom is 0.244 e. The molecule has 1 N–H and O–H groups in total. The van der Waals surface area contributed by atoms with Crippen LogP contribution in [0.5, 0.6) is 5.75 Å². The Hall–Kier alpha value is -3.07. The van der Waals surface area contributed by atoms with Crippen LogP contribution in [-0.2, 0) is 26.2 Å². The van der Waals surface area contributed by atoms with Crippen LogP contribution in [0.25, 0.3) is 0 Å². The number of nitrogens with one attached hydrogen (secondary N) is 1. The van der Waals surface area contributed by atoms with Gasteiger partial charge in [0.1, 0.15) is 18.3 Å². The number of hydrogen-bond acceptors (Lipinski definition) is 5. The zero-order valence-corrected chi connectivity index (χ0v) is 20.9. The molecule has 180 valence electrons. The minimum absolute atomic E-state index is 0.152. The molecule has 8 nitrogen and oxygen atoms in total. The highest BCUT2D eigenvalue weighted by atomic mass is 32.2. The average Bonchev–Trinajstić information content (AvgIpc) is 2.78. The Morgan fingerprint density at radius 3 is 2.18 bits per heavy atom. The van der Waals surface area contributed by atoms with E-state index in [1.54, 1.807) is 31.4 Å². The summed E-state index contributed by atoms with van der Waals surface area (Å²) in [7, 11) is -0.669. The molecule has 9 heteroatoms. The molecule has 0 bridgehead atoms. The number of sulfonamides is 1. The Morgan fingerprint density at radius 1 is 1.06 bits per heavy atom. The Morgan fingerprint density at radius 2 is 1.70 bits per heavy atom. The summed E-state index contributed by atoms with van der Waals surface area (Å²) in [6.07, 6.45) is 1.45. The number of benzene rings is 2. The van der Waals surface area contributed by atoms with Gasteiger partial charge in [0, 0.05) is 13.6 Å². The molecule has 0 aliphatic carbocycles. The van der Waals surface area contributed by atoms with Gasteiger partial charge in [0.15, 0.2) is 0 Å². The average molecular weight is 476 g/mol. The van der Waals surface area contributed by atoms with Gasteiger partial charge in [-0.1, -0.05) is 25.1 Å². The number of nitrogens with zero attached hydrogens (tertiary/aromatic N) is 2. The lowest BCUT2D eigenvalue weighted by Crippen LogP contribution is -2.51. The van der Waals surface area contributed by atoms with Gasteiger partial charge in [-0.2, -0.15) is 0 Å². The Labute approximate surface area is 196 Å². The van der Waals surface area contributed by atoms with Gasteiger partial charge in [-0.25, -0.2) is 8.42 Å². The number of methoxy groups -OCH3 is 1. The maximum absolute atomic E-state index is 13.5. The minimum Gasteiger partial charge on any atom is -0.497 e. The third-order valence-electron chi connectivity index (χ3n) is 5.60. The molecule has 0 spiro atoms. The highest BCUT2D eigenvalue weighted by Gasteiger charge is 2.31. The molecule has 0 saturated heterocycles. The number of hydrogen-bond donors (Lipinski definition) is 1. The zero-order chi connectivity index (χ0) is 24.8. The first-order valence-electron chi connectivity index (χ1n) is 10.7. The molecular weight excluding hydrogens is 442 g/mol. The largest absolute Gasteiger partial charge is 0.497 e. The molecule has 2 aromatic carbocycles. The first kappa shape index (κ1) is 26.2. The van der Waals surface area contributed by atoms with E-state index < -0.39 is 28.5 Å². The summed E-state index contributed by atoms with van der Waals surface area (Å²) in [6, 6.07) is 11.7. The van der Waals surface area contributed by atoms with Crippen molar-refractivity contribution in [3.05, 3.63) is 59.2 Å². The van der Waals surface area contributed by atoms with Crippen LogP contribution in [0.4, 0.5) is 5.69 Å². The molecule has 2 aromatic rings. The number of amides is 2. The van der Waals surface area contributed by atoms with Crippen molar-refractivity contribution in [1.29, 1.82) is 0 Å². The number of anilines is 1. The molecule has 0 aliphatic heterocycles. The molecule has 0 heterocycles. The Bertz CT molecular complexity index is 1080. The van der Waals surface area contributed by atoms with Crippen molar-refractivity contribution in [3.63, 3.8) is 0 Å². The Kier molecular flexibility index (Phi) is 8.87. The monoisotopic (exact) mass is 475 g/mol. The Balaban J connectivity index is 2.43. The van der Waals surface area contributed by atoms with Crippen molar-refractivity contribution in [3.8, 4) is 5.75 Å². The summed E-state index contributed by atoms with van der Waals surface area (Å²) in [5, 5.41) is 2.60. The minimum atomic E-state index is -3.75. The third-order valence-corrected chi connectivity index (χ3v) is 6.74. The predicted octanol–water partition coefficient (Wildman–Crippen LogP) is 2.63. The molecule has 2 rings (SSSR count). The van der Waals surface area contributed by atoms with Crippen molar-refractivity contribution in [2.75, 3.05) is 31.3 Å². The SMILES string of the molecule is CC[C@H](C(=O)NC)N(Cc1ccc(OC)cc1)C(=O)CN(c1ccc(C)c(C)c1)S(C)(=O)=O. The van der Waals surface area contributed by atoms with Crippen molar-refractivity contribution in [1.82, 2.24) is 10.2 Å². The van der Waals surface area contributed by atoms with Crippen molar-refractivity contribution < 1.29 is 22.7 Å². The topological polar surface area (TPSA) is 96.0 Å². The van der Waals surface area contributed by atoms with Gasteiger partial charge < -0.3 is 15.0 Å². The standard InChI is InChI=1S/C24H33N3O5S/c1-7-22(24(29)25-4)26(15-19-9-12-21(32-5)13-10-19)23(28)16-27(33(6,30)31)20-11-8-17(2)18(3)14-20/h8-14,22H,7,15-16H2,1-6H3,(H,25,29)/t22-/m1/s1. The van der Waals surface area contributed by atoms with Gasteiger partial charge in [-0.15, -0.1) is 0 Å². The van der Waals surface area contributed by atoms with Crippen LogP contribution >= 0.6 is 0 Å². The second kappa shape index (κ2) is 11.2. The van der Waals surface area contributed by atoms with Crippen molar-refractivity contribution in [2.45, 2.75) is 39.8 Å². The highest BCUT2D eigenvalue weighted by Crippen LogP contribution is 2.23. The first-order chi connectivity index (χ1) is 15.5. The second-order valence-corrected chi connectivity index (χ2v) is 9.85. The van der Waals surface area contributed by atoms with Gasteiger partial charge in [0.05, 0.1) is 19.1 Å². The van der Waals surface area contributed by atoms with Crippen LogP contribution in [0.2, 0.25) is 0 Å². The van der Waals surface area contributed by atoms with E-state index in [0.29, 0.717) is 17.9 Å². The van der Waals surface area contributed by atoms with Gasteiger partial charge >= 0.3 is 0 Å². The molecule has 2 amide bonds. The number of carbonyl (C=O) groups is 2. The summed E-state index contributed by atoms with van der Waals surface area (Å²) in [5.41, 5.74) is 3.14. The van der Waals surface area contributed by atoms with E-state index in [2.05, 4.69) is 5.32 Å². The lowest BCUT2D eigenvalue weighted by atomic mass is 10.1. The summed E-state index contributed by atoms with van der Waals surface area (Å²) >= 11 is 0. The maximum atomic E-state index is 13.5. The van der Waals surface area contributed by atoms with Crippen LogP contribution in [0.15, 0.2) is 42.5 Å². The molecule has 33 heavy (non-hydrogen) atoms. The number of carbonyl (C=O) groups excluding carboxylic acids is 2. The second-order valence-electron chi connectivity index (χ2n) is 7.95. The fraction of sp³-hybridized carbons (Fsp3) is 0.417. The zero-order valence-electron chi connectivity index (χ0n) is 20.1. The van der Waals surface area contributed by atoms with Gasteiger partial charge in [0.2, 0.25) is 21.8 Å². The molecule has 0 aliphatic rings. The lowest BCUT2D eigenvalue weighted by Gasteiger charge is -2.32.